The third kappa shape index (κ3) is 1.29. The zero-order valence-electron chi connectivity index (χ0n) is 6.41. The average Bonchev–Trinajstić information content (AvgIpc) is 2.43. The Kier molecular flexibility index (Phi) is 2.31. The number of hydrogen-bond acceptors (Lipinski definition) is 2. The largest absolute Gasteiger partial charge is 0.312 e. The van der Waals surface area contributed by atoms with E-state index in [1.165, 1.54) is 0 Å². The number of rotatable bonds is 3. The molecule has 0 spiro atoms. The molecule has 0 unspecified atom stereocenters. The first-order valence-corrected chi connectivity index (χ1v) is 3.54. The summed E-state index contributed by atoms with van der Waals surface area (Å²) in [6.45, 7) is 6.20. The summed E-state index contributed by atoms with van der Waals surface area (Å²) < 4.78 is 1.88. The van der Waals surface area contributed by atoms with Crippen LogP contribution in [0.4, 0.5) is 0 Å². The zero-order valence-corrected chi connectivity index (χ0v) is 6.41. The lowest BCUT2D eigenvalue weighted by Gasteiger charge is -2.20. The highest BCUT2D eigenvalue weighted by Crippen LogP contribution is 1.87. The van der Waals surface area contributed by atoms with Gasteiger partial charge in [-0.25, -0.2) is 9.66 Å². The molecule has 55 valence electrons. The van der Waals surface area contributed by atoms with Crippen LogP contribution < -0.4 is 5.01 Å². The molecule has 0 amide bonds. The molecule has 3 nitrogen and oxygen atoms in total. The predicted molar refractivity (Wildman–Crippen MR) is 40.4 cm³/mol. The normalized spacial score (nSPS) is 9.80. The maximum Gasteiger partial charge on any atom is 0.197 e. The van der Waals surface area contributed by atoms with Crippen LogP contribution in [0.25, 0.3) is 0 Å². The van der Waals surface area contributed by atoms with Crippen LogP contribution >= 0.6 is 0 Å². The van der Waals surface area contributed by atoms with Crippen molar-refractivity contribution in [3.8, 4) is 0 Å². The van der Waals surface area contributed by atoms with Gasteiger partial charge in [0.15, 0.2) is 6.33 Å². The molecule has 1 rings (SSSR count). The minimum Gasteiger partial charge on any atom is -0.312 e. The molecule has 0 aliphatic rings. The number of hydrogen-bond donors (Lipinski definition) is 0. The van der Waals surface area contributed by atoms with Crippen molar-refractivity contribution in [2.45, 2.75) is 13.8 Å². The summed E-state index contributed by atoms with van der Waals surface area (Å²) in [5.41, 5.74) is 0. The third-order valence-electron chi connectivity index (χ3n) is 1.48. The first-order chi connectivity index (χ1) is 4.88. The van der Waals surface area contributed by atoms with Crippen molar-refractivity contribution < 1.29 is 0 Å². The summed E-state index contributed by atoms with van der Waals surface area (Å²) in [4.78, 5) is 3.84. The van der Waals surface area contributed by atoms with Gasteiger partial charge in [-0.3, -0.25) is 0 Å². The van der Waals surface area contributed by atoms with Crippen molar-refractivity contribution in [2.75, 3.05) is 18.1 Å². The maximum atomic E-state index is 3.84. The fraction of sp³-hybridized carbons (Fsp3) is 0.571. The molecule has 0 aliphatic heterocycles. The van der Waals surface area contributed by atoms with Gasteiger partial charge in [0, 0.05) is 25.5 Å². The summed E-state index contributed by atoms with van der Waals surface area (Å²) in [5, 5.41) is 2.13. The molecular formula is C7H12N3. The molecule has 1 radical (unpaired) electrons. The molecule has 1 heterocycles. The Hall–Kier alpha value is -0.990. The van der Waals surface area contributed by atoms with Crippen LogP contribution in [-0.4, -0.2) is 22.7 Å². The average molecular weight is 138 g/mol. The Morgan fingerprint density at radius 1 is 1.50 bits per heavy atom. The van der Waals surface area contributed by atoms with E-state index in [9.17, 15) is 0 Å². The molecule has 1 aromatic heterocycles. The number of nitrogens with zero attached hydrogens (tertiary/aromatic N) is 3. The fourth-order valence-electron chi connectivity index (χ4n) is 0.908. The van der Waals surface area contributed by atoms with E-state index < -0.39 is 0 Å². The summed E-state index contributed by atoms with van der Waals surface area (Å²) >= 11 is 0. The monoisotopic (exact) mass is 138 g/mol. The van der Waals surface area contributed by atoms with Crippen LogP contribution in [0.1, 0.15) is 13.8 Å². The van der Waals surface area contributed by atoms with Gasteiger partial charge in [0.25, 0.3) is 0 Å². The molecule has 0 N–H and O–H groups in total. The topological polar surface area (TPSA) is 21.1 Å². The molecule has 0 atom stereocenters. The van der Waals surface area contributed by atoms with Gasteiger partial charge in [0.05, 0.1) is 0 Å². The second-order valence-corrected chi connectivity index (χ2v) is 2.01. The van der Waals surface area contributed by atoms with Gasteiger partial charge in [0.2, 0.25) is 0 Å². The lowest BCUT2D eigenvalue weighted by Crippen LogP contribution is -2.32. The summed E-state index contributed by atoms with van der Waals surface area (Å²) in [7, 11) is 0. The SMILES string of the molecule is CCN(CC)n1[c]ncc1. The second-order valence-electron chi connectivity index (χ2n) is 2.01. The molecule has 10 heavy (non-hydrogen) atoms. The number of imidazole rings is 1. The highest BCUT2D eigenvalue weighted by Gasteiger charge is 1.96. The lowest BCUT2D eigenvalue weighted by atomic mass is 10.6. The first kappa shape index (κ1) is 7.12. The minimum atomic E-state index is 0.989. The highest BCUT2D eigenvalue weighted by atomic mass is 15.5. The maximum absolute atomic E-state index is 3.84. The molecule has 1 aromatic rings. The smallest absolute Gasteiger partial charge is 0.197 e. The van der Waals surface area contributed by atoms with E-state index in [-0.39, 0.29) is 0 Å². The third-order valence-corrected chi connectivity index (χ3v) is 1.48. The van der Waals surface area contributed by atoms with Crippen molar-refractivity contribution >= 4 is 0 Å². The van der Waals surface area contributed by atoms with Gasteiger partial charge < -0.3 is 5.01 Å². The second kappa shape index (κ2) is 3.25. The Labute approximate surface area is 61.3 Å². The van der Waals surface area contributed by atoms with Gasteiger partial charge in [-0.15, -0.1) is 0 Å². The Morgan fingerprint density at radius 3 is 2.60 bits per heavy atom. The van der Waals surface area contributed by atoms with Crippen molar-refractivity contribution in [1.29, 1.82) is 0 Å². The van der Waals surface area contributed by atoms with E-state index in [2.05, 4.69) is 30.2 Å². The Morgan fingerprint density at radius 2 is 2.20 bits per heavy atom. The van der Waals surface area contributed by atoms with Gasteiger partial charge in [0.1, 0.15) is 0 Å². The molecular weight excluding hydrogens is 126 g/mol. The van der Waals surface area contributed by atoms with Crippen LogP contribution in [0.2, 0.25) is 0 Å². The van der Waals surface area contributed by atoms with Crippen molar-refractivity contribution in [2.24, 2.45) is 0 Å². The molecule has 0 aromatic carbocycles. The van der Waals surface area contributed by atoms with E-state index in [1.54, 1.807) is 6.20 Å². The van der Waals surface area contributed by atoms with Gasteiger partial charge in [-0.1, -0.05) is 0 Å². The minimum absolute atomic E-state index is 0.989. The molecule has 0 saturated carbocycles. The molecule has 0 bridgehead atoms. The van der Waals surface area contributed by atoms with Gasteiger partial charge >= 0.3 is 0 Å². The Balaban J connectivity index is 2.64. The highest BCUT2D eigenvalue weighted by molar-refractivity contribution is 4.85. The van der Waals surface area contributed by atoms with Crippen LogP contribution in [0.5, 0.6) is 0 Å². The first-order valence-electron chi connectivity index (χ1n) is 3.54. The fourth-order valence-corrected chi connectivity index (χ4v) is 0.908. The Bertz CT molecular complexity index is 165. The van der Waals surface area contributed by atoms with Crippen LogP contribution in [0.15, 0.2) is 12.4 Å². The van der Waals surface area contributed by atoms with E-state index in [0.29, 0.717) is 0 Å². The van der Waals surface area contributed by atoms with E-state index in [4.69, 9.17) is 0 Å². The molecule has 0 fully saturated rings. The van der Waals surface area contributed by atoms with Crippen LogP contribution in [-0.2, 0) is 0 Å². The lowest BCUT2D eigenvalue weighted by molar-refractivity contribution is 0.615. The van der Waals surface area contributed by atoms with Crippen LogP contribution in [0.3, 0.4) is 0 Å². The number of aromatic nitrogens is 2. The van der Waals surface area contributed by atoms with Crippen molar-refractivity contribution in [1.82, 2.24) is 9.66 Å². The quantitative estimate of drug-likeness (QED) is 0.612. The summed E-state index contributed by atoms with van der Waals surface area (Å²) in [6.07, 6.45) is 6.46. The standard InChI is InChI=1S/C7H12N3/c1-3-9(4-2)10-6-5-8-7-10/h5-6H,3-4H2,1-2H3. The molecule has 0 saturated heterocycles. The van der Waals surface area contributed by atoms with Gasteiger partial charge in [-0.05, 0) is 13.8 Å². The molecule has 0 aliphatic carbocycles. The van der Waals surface area contributed by atoms with Gasteiger partial charge in [-0.2, -0.15) is 0 Å². The zero-order chi connectivity index (χ0) is 7.40. The summed E-state index contributed by atoms with van der Waals surface area (Å²) in [5.74, 6) is 0. The van der Waals surface area contributed by atoms with E-state index in [0.717, 1.165) is 13.1 Å². The van der Waals surface area contributed by atoms with E-state index >= 15 is 0 Å². The van der Waals surface area contributed by atoms with Crippen LogP contribution in [0, 0.1) is 6.33 Å². The van der Waals surface area contributed by atoms with Crippen molar-refractivity contribution in [3.63, 3.8) is 0 Å². The van der Waals surface area contributed by atoms with Crippen molar-refractivity contribution in [3.05, 3.63) is 18.7 Å². The predicted octanol–water partition coefficient (Wildman–Crippen LogP) is 0.661. The van der Waals surface area contributed by atoms with E-state index in [1.807, 2.05) is 10.9 Å². The molecule has 3 heteroatoms. The summed E-state index contributed by atoms with van der Waals surface area (Å²) in [6, 6.07) is 0.